The third kappa shape index (κ3) is 3.20. The van der Waals surface area contributed by atoms with Gasteiger partial charge in [-0.05, 0) is 30.0 Å². The molecule has 0 saturated heterocycles. The molecule has 0 spiro atoms. The van der Waals surface area contributed by atoms with Gasteiger partial charge in [0.15, 0.2) is 0 Å². The maximum atomic E-state index is 12.7. The minimum absolute atomic E-state index is 0.0704. The van der Waals surface area contributed by atoms with Crippen LogP contribution in [0.25, 0.3) is 0 Å². The number of phenols is 2. The van der Waals surface area contributed by atoms with E-state index in [1.165, 1.54) is 7.11 Å². The van der Waals surface area contributed by atoms with Gasteiger partial charge in [-0.3, -0.25) is 4.79 Å². The monoisotopic (exact) mass is 375 g/mol. The number of nitrogens with zero attached hydrogens (tertiary/aromatic N) is 1. The fraction of sp³-hybridized carbons (Fsp3) is 0.263. The number of halogens is 1. The molecule has 7 heteroatoms. The topological polar surface area (TPSA) is 87.1 Å². The SMILES string of the molecule is COC(=O)c1c(O)cc(O)c(Cl)c1CCC(=O)N1CCc2ccccc21. The summed E-state index contributed by atoms with van der Waals surface area (Å²) in [4.78, 5) is 26.3. The van der Waals surface area contributed by atoms with Gasteiger partial charge in [0.05, 0.1) is 12.1 Å². The number of benzene rings is 2. The van der Waals surface area contributed by atoms with E-state index in [1.807, 2.05) is 24.3 Å². The lowest BCUT2D eigenvalue weighted by molar-refractivity contribution is -0.118. The van der Waals surface area contributed by atoms with Crippen LogP contribution in [0.15, 0.2) is 30.3 Å². The van der Waals surface area contributed by atoms with E-state index in [-0.39, 0.29) is 40.6 Å². The Morgan fingerprint density at radius 1 is 1.23 bits per heavy atom. The first-order chi connectivity index (χ1) is 12.4. The van der Waals surface area contributed by atoms with Crippen LogP contribution in [0.2, 0.25) is 5.02 Å². The van der Waals surface area contributed by atoms with Gasteiger partial charge in [0, 0.05) is 24.7 Å². The average molecular weight is 376 g/mol. The maximum absolute atomic E-state index is 12.7. The summed E-state index contributed by atoms with van der Waals surface area (Å²) in [7, 11) is 1.18. The molecule has 3 rings (SSSR count). The molecule has 6 nitrogen and oxygen atoms in total. The highest BCUT2D eigenvalue weighted by Crippen LogP contribution is 2.37. The number of ether oxygens (including phenoxy) is 1. The molecule has 1 aliphatic heterocycles. The molecule has 0 radical (unpaired) electrons. The Morgan fingerprint density at radius 3 is 2.69 bits per heavy atom. The fourth-order valence-electron chi connectivity index (χ4n) is 3.21. The first-order valence-corrected chi connectivity index (χ1v) is 8.51. The highest BCUT2D eigenvalue weighted by atomic mass is 35.5. The van der Waals surface area contributed by atoms with Crippen LogP contribution in [0.4, 0.5) is 5.69 Å². The lowest BCUT2D eigenvalue weighted by Crippen LogP contribution is -2.29. The van der Waals surface area contributed by atoms with Gasteiger partial charge in [0.2, 0.25) is 5.91 Å². The normalized spacial score (nSPS) is 12.8. The number of anilines is 1. The molecule has 0 aliphatic carbocycles. The third-order valence-electron chi connectivity index (χ3n) is 4.49. The van der Waals surface area contributed by atoms with Crippen molar-refractivity contribution in [3.63, 3.8) is 0 Å². The molecule has 26 heavy (non-hydrogen) atoms. The summed E-state index contributed by atoms with van der Waals surface area (Å²) in [6.07, 6.45) is 0.951. The van der Waals surface area contributed by atoms with Gasteiger partial charge in [-0.25, -0.2) is 4.79 Å². The van der Waals surface area contributed by atoms with Crippen LogP contribution in [-0.2, 0) is 22.4 Å². The van der Waals surface area contributed by atoms with E-state index in [0.29, 0.717) is 6.54 Å². The molecule has 0 fully saturated rings. The molecule has 0 saturated carbocycles. The quantitative estimate of drug-likeness (QED) is 0.802. The van der Waals surface area contributed by atoms with Crippen LogP contribution in [0.5, 0.6) is 11.5 Å². The zero-order valence-electron chi connectivity index (χ0n) is 14.2. The van der Waals surface area contributed by atoms with Gasteiger partial charge in [0.1, 0.15) is 17.1 Å². The molecule has 2 aromatic carbocycles. The largest absolute Gasteiger partial charge is 0.507 e. The number of esters is 1. The molecule has 0 aromatic heterocycles. The molecular formula is C19H18ClNO5. The number of amides is 1. The first-order valence-electron chi connectivity index (χ1n) is 8.14. The third-order valence-corrected chi connectivity index (χ3v) is 4.91. The van der Waals surface area contributed by atoms with Crippen molar-refractivity contribution in [2.24, 2.45) is 0 Å². The summed E-state index contributed by atoms with van der Waals surface area (Å²) in [5.74, 6) is -1.69. The summed E-state index contributed by atoms with van der Waals surface area (Å²) in [5, 5.41) is 19.7. The Labute approximate surface area is 155 Å². The van der Waals surface area contributed by atoms with E-state index in [2.05, 4.69) is 4.74 Å². The molecule has 1 amide bonds. The Balaban J connectivity index is 1.84. The number of para-hydroxylation sites is 1. The van der Waals surface area contributed by atoms with Gasteiger partial charge < -0.3 is 19.8 Å². The Bertz CT molecular complexity index is 880. The molecule has 2 aromatic rings. The molecule has 0 atom stereocenters. The Morgan fingerprint density at radius 2 is 1.96 bits per heavy atom. The second-order valence-corrected chi connectivity index (χ2v) is 6.38. The highest BCUT2D eigenvalue weighted by molar-refractivity contribution is 6.33. The van der Waals surface area contributed by atoms with Gasteiger partial charge in [-0.2, -0.15) is 0 Å². The van der Waals surface area contributed by atoms with Crippen LogP contribution < -0.4 is 4.90 Å². The number of hydrogen-bond acceptors (Lipinski definition) is 5. The molecule has 136 valence electrons. The van der Waals surface area contributed by atoms with E-state index in [4.69, 9.17) is 11.6 Å². The van der Waals surface area contributed by atoms with Crippen molar-refractivity contribution in [2.45, 2.75) is 19.3 Å². The first kappa shape index (κ1) is 18.1. The lowest BCUT2D eigenvalue weighted by atomic mass is 10.0. The molecule has 2 N–H and O–H groups in total. The van der Waals surface area contributed by atoms with Gasteiger partial charge in [0.25, 0.3) is 0 Å². The Hall–Kier alpha value is -2.73. The highest BCUT2D eigenvalue weighted by Gasteiger charge is 2.27. The zero-order valence-corrected chi connectivity index (χ0v) is 14.9. The van der Waals surface area contributed by atoms with Crippen molar-refractivity contribution in [1.29, 1.82) is 0 Å². The van der Waals surface area contributed by atoms with Crippen molar-refractivity contribution in [3.8, 4) is 11.5 Å². The smallest absolute Gasteiger partial charge is 0.341 e. The van der Waals surface area contributed by atoms with Crippen LogP contribution in [0.3, 0.4) is 0 Å². The lowest BCUT2D eigenvalue weighted by Gasteiger charge is -2.18. The van der Waals surface area contributed by atoms with E-state index in [0.717, 1.165) is 23.7 Å². The number of phenolic OH excluding ortho intramolecular Hbond substituents is 2. The zero-order chi connectivity index (χ0) is 18.8. The van der Waals surface area contributed by atoms with Crippen molar-refractivity contribution < 1.29 is 24.5 Å². The van der Waals surface area contributed by atoms with E-state index >= 15 is 0 Å². The Kier molecular flexibility index (Phi) is 5.04. The number of carbonyl (C=O) groups excluding carboxylic acids is 2. The van der Waals surface area contributed by atoms with E-state index in [1.54, 1.807) is 4.90 Å². The second kappa shape index (κ2) is 7.25. The van der Waals surface area contributed by atoms with Crippen LogP contribution in [0, 0.1) is 0 Å². The van der Waals surface area contributed by atoms with Crippen molar-refractivity contribution in [1.82, 2.24) is 0 Å². The summed E-state index contributed by atoms with van der Waals surface area (Å²) in [5.41, 5.74) is 2.06. The summed E-state index contributed by atoms with van der Waals surface area (Å²) in [6, 6.07) is 8.68. The van der Waals surface area contributed by atoms with Crippen molar-refractivity contribution in [3.05, 3.63) is 52.0 Å². The van der Waals surface area contributed by atoms with Crippen molar-refractivity contribution in [2.75, 3.05) is 18.6 Å². The van der Waals surface area contributed by atoms with Gasteiger partial charge in [-0.15, -0.1) is 0 Å². The van der Waals surface area contributed by atoms with Crippen LogP contribution in [-0.4, -0.2) is 35.7 Å². The van der Waals surface area contributed by atoms with Crippen LogP contribution >= 0.6 is 11.6 Å². The number of rotatable bonds is 4. The number of methoxy groups -OCH3 is 1. The second-order valence-electron chi connectivity index (χ2n) is 6.00. The van der Waals surface area contributed by atoms with Crippen molar-refractivity contribution >= 4 is 29.2 Å². The minimum atomic E-state index is -0.779. The minimum Gasteiger partial charge on any atom is -0.507 e. The molecule has 1 aliphatic rings. The van der Waals surface area contributed by atoms with Gasteiger partial charge in [-0.1, -0.05) is 29.8 Å². The van der Waals surface area contributed by atoms with Crippen LogP contribution in [0.1, 0.15) is 27.9 Å². The summed E-state index contributed by atoms with van der Waals surface area (Å²) >= 11 is 6.10. The summed E-state index contributed by atoms with van der Waals surface area (Å²) < 4.78 is 4.67. The average Bonchev–Trinajstić information content (AvgIpc) is 3.06. The standard InChI is InChI=1S/C19H18ClNO5/c1-26-19(25)17-12(18(20)15(23)10-14(17)22)6-7-16(24)21-9-8-11-4-2-3-5-13(11)21/h2-5,10,22-23H,6-9H2,1H3. The maximum Gasteiger partial charge on any atom is 0.341 e. The fourth-order valence-corrected chi connectivity index (χ4v) is 3.46. The number of hydrogen-bond donors (Lipinski definition) is 2. The van der Waals surface area contributed by atoms with Gasteiger partial charge >= 0.3 is 5.97 Å². The summed E-state index contributed by atoms with van der Waals surface area (Å²) in [6.45, 7) is 0.598. The number of carbonyl (C=O) groups is 2. The number of aromatic hydroxyl groups is 2. The van der Waals surface area contributed by atoms with E-state index in [9.17, 15) is 19.8 Å². The predicted molar refractivity (Wildman–Crippen MR) is 96.9 cm³/mol. The molecule has 0 unspecified atom stereocenters. The molecule has 0 bridgehead atoms. The number of fused-ring (bicyclic) bond motifs is 1. The predicted octanol–water partition coefficient (Wildman–Crippen LogP) is 3.06. The molecular weight excluding hydrogens is 358 g/mol. The van der Waals surface area contributed by atoms with E-state index < -0.39 is 11.7 Å². The molecule has 1 heterocycles.